The molecule has 1 rings (SSSR count). The Kier molecular flexibility index (Phi) is 5.92. The normalized spacial score (nSPS) is 21.6. The average molecular weight is 222 g/mol. The summed E-state index contributed by atoms with van der Waals surface area (Å²) in [5, 5.41) is 8.48. The number of unbranched alkanes of at least 4 members (excludes halogenated alkanes) is 1. The number of nitriles is 1. The van der Waals surface area contributed by atoms with Gasteiger partial charge in [-0.05, 0) is 25.2 Å². The van der Waals surface area contributed by atoms with Gasteiger partial charge < -0.3 is 4.90 Å². The highest BCUT2D eigenvalue weighted by atomic mass is 16.2. The summed E-state index contributed by atoms with van der Waals surface area (Å²) in [6.45, 7) is 3.87. The number of rotatable bonds is 5. The molecule has 0 aliphatic carbocycles. The second kappa shape index (κ2) is 7.27. The molecule has 1 saturated heterocycles. The highest BCUT2D eigenvalue weighted by Crippen LogP contribution is 2.22. The standard InChI is InChI=1S/C13H22N2O/c1-2-5-12-6-7-13(16)15(11-8-12)10-4-3-9-14/h12H,2-8,10-11H2,1H3. The lowest BCUT2D eigenvalue weighted by Gasteiger charge is -2.20. The Morgan fingerprint density at radius 2 is 2.31 bits per heavy atom. The Bertz CT molecular complexity index is 257. The smallest absolute Gasteiger partial charge is 0.222 e. The fourth-order valence-electron chi connectivity index (χ4n) is 2.38. The lowest BCUT2D eigenvalue weighted by atomic mass is 9.96. The third-order valence-electron chi connectivity index (χ3n) is 3.34. The number of amides is 1. The molecule has 1 unspecified atom stereocenters. The predicted octanol–water partition coefficient (Wildman–Crippen LogP) is 2.72. The molecule has 0 N–H and O–H groups in total. The van der Waals surface area contributed by atoms with Crippen LogP contribution in [0.5, 0.6) is 0 Å². The monoisotopic (exact) mass is 222 g/mol. The van der Waals surface area contributed by atoms with E-state index in [1.54, 1.807) is 0 Å². The van der Waals surface area contributed by atoms with Gasteiger partial charge in [-0.2, -0.15) is 5.26 Å². The summed E-state index contributed by atoms with van der Waals surface area (Å²) in [6.07, 6.45) is 6.75. The zero-order chi connectivity index (χ0) is 11.8. The van der Waals surface area contributed by atoms with E-state index in [1.807, 2.05) is 4.90 Å². The molecule has 0 aromatic heterocycles. The van der Waals surface area contributed by atoms with E-state index in [-0.39, 0.29) is 5.91 Å². The van der Waals surface area contributed by atoms with Gasteiger partial charge in [0.05, 0.1) is 6.07 Å². The zero-order valence-corrected chi connectivity index (χ0v) is 10.2. The summed E-state index contributed by atoms with van der Waals surface area (Å²) >= 11 is 0. The summed E-state index contributed by atoms with van der Waals surface area (Å²) in [5.74, 6) is 1.02. The lowest BCUT2D eigenvalue weighted by Crippen LogP contribution is -2.31. The molecule has 90 valence electrons. The van der Waals surface area contributed by atoms with E-state index in [9.17, 15) is 4.79 Å². The molecule has 0 aromatic carbocycles. The van der Waals surface area contributed by atoms with Crippen LogP contribution in [0.3, 0.4) is 0 Å². The first-order chi connectivity index (χ1) is 7.77. The zero-order valence-electron chi connectivity index (χ0n) is 10.2. The summed E-state index contributed by atoms with van der Waals surface area (Å²) in [5.41, 5.74) is 0. The first-order valence-corrected chi connectivity index (χ1v) is 6.42. The SMILES string of the molecule is CCCC1CCC(=O)N(CCCC#N)CC1. The Labute approximate surface area is 98.4 Å². The number of hydrogen-bond donors (Lipinski definition) is 0. The molecule has 0 bridgehead atoms. The summed E-state index contributed by atoms with van der Waals surface area (Å²) in [6, 6.07) is 2.13. The number of carbonyl (C=O) groups excluding carboxylic acids is 1. The van der Waals surface area contributed by atoms with Crippen molar-refractivity contribution < 1.29 is 4.79 Å². The minimum Gasteiger partial charge on any atom is -0.343 e. The predicted molar refractivity (Wildman–Crippen MR) is 63.7 cm³/mol. The van der Waals surface area contributed by atoms with Crippen LogP contribution < -0.4 is 0 Å². The number of hydrogen-bond acceptors (Lipinski definition) is 2. The van der Waals surface area contributed by atoms with Gasteiger partial charge in [0.25, 0.3) is 0 Å². The Morgan fingerprint density at radius 3 is 3.00 bits per heavy atom. The van der Waals surface area contributed by atoms with Crippen molar-refractivity contribution in [3.63, 3.8) is 0 Å². The molecule has 3 heteroatoms. The van der Waals surface area contributed by atoms with Crippen molar-refractivity contribution >= 4 is 5.91 Å². The van der Waals surface area contributed by atoms with Gasteiger partial charge >= 0.3 is 0 Å². The van der Waals surface area contributed by atoms with Gasteiger partial charge in [0.15, 0.2) is 0 Å². The number of likely N-dealkylation sites (tertiary alicyclic amines) is 1. The summed E-state index contributed by atoms with van der Waals surface area (Å²) in [7, 11) is 0. The molecule has 0 saturated carbocycles. The topological polar surface area (TPSA) is 44.1 Å². The highest BCUT2D eigenvalue weighted by molar-refractivity contribution is 5.76. The molecule has 1 aliphatic rings. The van der Waals surface area contributed by atoms with Crippen molar-refractivity contribution in [1.82, 2.24) is 4.90 Å². The van der Waals surface area contributed by atoms with Crippen molar-refractivity contribution in [3.05, 3.63) is 0 Å². The Hall–Kier alpha value is -1.04. The van der Waals surface area contributed by atoms with Crippen LogP contribution in [0.1, 0.15) is 51.9 Å². The fraction of sp³-hybridized carbons (Fsp3) is 0.846. The Morgan fingerprint density at radius 1 is 1.50 bits per heavy atom. The molecule has 1 atom stereocenters. The van der Waals surface area contributed by atoms with Crippen LogP contribution in [0.4, 0.5) is 0 Å². The van der Waals surface area contributed by atoms with Gasteiger partial charge in [-0.3, -0.25) is 4.79 Å². The van der Waals surface area contributed by atoms with Gasteiger partial charge in [0.2, 0.25) is 5.91 Å². The quantitative estimate of drug-likeness (QED) is 0.671. The van der Waals surface area contributed by atoms with Crippen molar-refractivity contribution in [1.29, 1.82) is 5.26 Å². The first-order valence-electron chi connectivity index (χ1n) is 6.42. The second-order valence-electron chi connectivity index (χ2n) is 4.62. The fourth-order valence-corrected chi connectivity index (χ4v) is 2.38. The third kappa shape index (κ3) is 4.22. The van der Waals surface area contributed by atoms with Gasteiger partial charge in [-0.15, -0.1) is 0 Å². The number of nitrogens with zero attached hydrogens (tertiary/aromatic N) is 2. The highest BCUT2D eigenvalue weighted by Gasteiger charge is 2.21. The maximum Gasteiger partial charge on any atom is 0.222 e. The maximum atomic E-state index is 11.8. The molecular weight excluding hydrogens is 200 g/mol. The second-order valence-corrected chi connectivity index (χ2v) is 4.62. The van der Waals surface area contributed by atoms with Crippen LogP contribution in [0, 0.1) is 17.2 Å². The van der Waals surface area contributed by atoms with E-state index in [0.29, 0.717) is 12.8 Å². The minimum atomic E-state index is 0.288. The minimum absolute atomic E-state index is 0.288. The van der Waals surface area contributed by atoms with E-state index >= 15 is 0 Å². The maximum absolute atomic E-state index is 11.8. The molecule has 1 heterocycles. The van der Waals surface area contributed by atoms with Crippen LogP contribution in [-0.2, 0) is 4.79 Å². The number of carbonyl (C=O) groups is 1. The largest absolute Gasteiger partial charge is 0.343 e. The van der Waals surface area contributed by atoms with Crippen LogP contribution in [0.15, 0.2) is 0 Å². The van der Waals surface area contributed by atoms with E-state index in [4.69, 9.17) is 5.26 Å². The molecule has 16 heavy (non-hydrogen) atoms. The molecule has 0 aromatic rings. The van der Waals surface area contributed by atoms with Crippen molar-refractivity contribution in [3.8, 4) is 6.07 Å². The molecule has 3 nitrogen and oxygen atoms in total. The summed E-state index contributed by atoms with van der Waals surface area (Å²) < 4.78 is 0. The first kappa shape index (κ1) is 13.0. The van der Waals surface area contributed by atoms with E-state index in [0.717, 1.165) is 38.3 Å². The van der Waals surface area contributed by atoms with Gasteiger partial charge in [0.1, 0.15) is 0 Å². The molecule has 1 amide bonds. The molecule has 1 fully saturated rings. The van der Waals surface area contributed by atoms with E-state index in [2.05, 4.69) is 13.0 Å². The van der Waals surface area contributed by atoms with Crippen LogP contribution >= 0.6 is 0 Å². The van der Waals surface area contributed by atoms with Crippen molar-refractivity contribution in [2.45, 2.75) is 51.9 Å². The van der Waals surface area contributed by atoms with Crippen LogP contribution in [0.2, 0.25) is 0 Å². The van der Waals surface area contributed by atoms with Gasteiger partial charge in [0, 0.05) is 25.9 Å². The van der Waals surface area contributed by atoms with Crippen molar-refractivity contribution in [2.75, 3.05) is 13.1 Å². The van der Waals surface area contributed by atoms with Crippen LogP contribution in [-0.4, -0.2) is 23.9 Å². The molecule has 0 spiro atoms. The summed E-state index contributed by atoms with van der Waals surface area (Å²) in [4.78, 5) is 13.8. The van der Waals surface area contributed by atoms with E-state index < -0.39 is 0 Å². The lowest BCUT2D eigenvalue weighted by molar-refractivity contribution is -0.130. The van der Waals surface area contributed by atoms with Crippen LogP contribution in [0.25, 0.3) is 0 Å². The molecule has 1 aliphatic heterocycles. The van der Waals surface area contributed by atoms with Gasteiger partial charge in [-0.1, -0.05) is 19.8 Å². The molecule has 0 radical (unpaired) electrons. The molecular formula is C13H22N2O. The third-order valence-corrected chi connectivity index (χ3v) is 3.34. The van der Waals surface area contributed by atoms with E-state index in [1.165, 1.54) is 12.8 Å². The average Bonchev–Trinajstić information content (AvgIpc) is 2.45. The Balaban J connectivity index is 2.35. The van der Waals surface area contributed by atoms with Gasteiger partial charge in [-0.25, -0.2) is 0 Å². The van der Waals surface area contributed by atoms with Crippen molar-refractivity contribution in [2.24, 2.45) is 5.92 Å².